The lowest BCUT2D eigenvalue weighted by molar-refractivity contribution is 0.354. The molecule has 0 heterocycles. The minimum absolute atomic E-state index is 0.527. The summed E-state index contributed by atoms with van der Waals surface area (Å²) in [6, 6.07) is 0. The highest BCUT2D eigenvalue weighted by Gasteiger charge is 2.14. The summed E-state index contributed by atoms with van der Waals surface area (Å²) in [5, 5.41) is 0. The lowest BCUT2D eigenvalue weighted by atomic mass is 9.86. The van der Waals surface area contributed by atoms with E-state index in [-0.39, 0.29) is 0 Å². The fourth-order valence-electron chi connectivity index (χ4n) is 1.95. The van der Waals surface area contributed by atoms with Crippen molar-refractivity contribution in [1.82, 2.24) is 0 Å². The van der Waals surface area contributed by atoms with Crippen molar-refractivity contribution in [3.63, 3.8) is 0 Å². The average Bonchev–Trinajstić information content (AvgIpc) is 2.05. The van der Waals surface area contributed by atoms with Crippen LogP contribution in [-0.4, -0.2) is 6.54 Å². The second-order valence-electron chi connectivity index (χ2n) is 3.83. The van der Waals surface area contributed by atoms with Crippen LogP contribution in [0.15, 0.2) is 0 Å². The average molecular weight is 165 g/mol. The Kier molecular flexibility index (Phi) is 4.18. The summed E-state index contributed by atoms with van der Waals surface area (Å²) in [5.41, 5.74) is 5.66. The fraction of sp³-hybridized carbons (Fsp3) is 0.818. The molecule has 68 valence electrons. The monoisotopic (exact) mass is 165 g/mol. The van der Waals surface area contributed by atoms with E-state index < -0.39 is 0 Å². The van der Waals surface area contributed by atoms with E-state index in [1.165, 1.54) is 38.5 Å². The summed E-state index contributed by atoms with van der Waals surface area (Å²) in [5.74, 6) is 4.14. The summed E-state index contributed by atoms with van der Waals surface area (Å²) in [7, 11) is 0. The smallest absolute Gasteiger partial charge is 0.0200 e. The minimum atomic E-state index is 0.527. The first-order chi connectivity index (χ1) is 5.86. The summed E-state index contributed by atoms with van der Waals surface area (Å²) in [6.45, 7) is 0.845. The van der Waals surface area contributed by atoms with Crippen LogP contribution in [0.3, 0.4) is 0 Å². The SMILES string of the molecule is C#CC1CCCCC(CN)CC1. The van der Waals surface area contributed by atoms with Crippen LogP contribution in [0.2, 0.25) is 0 Å². The van der Waals surface area contributed by atoms with Gasteiger partial charge in [0, 0.05) is 5.92 Å². The molecular formula is C11H19N. The molecule has 1 rings (SSSR count). The van der Waals surface area contributed by atoms with E-state index in [2.05, 4.69) is 5.92 Å². The third-order valence-corrected chi connectivity index (χ3v) is 2.91. The van der Waals surface area contributed by atoms with Gasteiger partial charge < -0.3 is 5.73 Å². The second-order valence-corrected chi connectivity index (χ2v) is 3.83. The Morgan fingerprint density at radius 1 is 1.17 bits per heavy atom. The molecule has 1 nitrogen and oxygen atoms in total. The molecule has 12 heavy (non-hydrogen) atoms. The van der Waals surface area contributed by atoms with Gasteiger partial charge in [0.1, 0.15) is 0 Å². The van der Waals surface area contributed by atoms with Crippen LogP contribution < -0.4 is 5.73 Å². The zero-order valence-corrected chi connectivity index (χ0v) is 7.76. The van der Waals surface area contributed by atoms with Crippen LogP contribution in [-0.2, 0) is 0 Å². The van der Waals surface area contributed by atoms with Gasteiger partial charge in [0.05, 0.1) is 0 Å². The van der Waals surface area contributed by atoms with Gasteiger partial charge in [0.25, 0.3) is 0 Å². The first-order valence-corrected chi connectivity index (χ1v) is 5.03. The van der Waals surface area contributed by atoms with Crippen molar-refractivity contribution in [1.29, 1.82) is 0 Å². The molecule has 1 aliphatic carbocycles. The van der Waals surface area contributed by atoms with Gasteiger partial charge in [0.2, 0.25) is 0 Å². The van der Waals surface area contributed by atoms with Crippen LogP contribution in [0.1, 0.15) is 38.5 Å². The lowest BCUT2D eigenvalue weighted by Gasteiger charge is -2.20. The van der Waals surface area contributed by atoms with Crippen molar-refractivity contribution in [2.75, 3.05) is 6.54 Å². The van der Waals surface area contributed by atoms with Gasteiger partial charge in [-0.25, -0.2) is 0 Å². The molecule has 0 saturated heterocycles. The van der Waals surface area contributed by atoms with E-state index in [4.69, 9.17) is 12.2 Å². The first-order valence-electron chi connectivity index (χ1n) is 5.03. The highest BCUT2D eigenvalue weighted by molar-refractivity contribution is 4.93. The molecule has 0 aromatic carbocycles. The molecule has 0 aromatic rings. The molecule has 2 N–H and O–H groups in total. The van der Waals surface area contributed by atoms with Gasteiger partial charge in [-0.2, -0.15) is 0 Å². The van der Waals surface area contributed by atoms with E-state index in [0.717, 1.165) is 12.5 Å². The predicted octanol–water partition coefficient (Wildman–Crippen LogP) is 2.16. The lowest BCUT2D eigenvalue weighted by Crippen LogP contribution is -2.17. The Morgan fingerprint density at radius 3 is 2.58 bits per heavy atom. The molecule has 0 bridgehead atoms. The second kappa shape index (κ2) is 5.22. The minimum Gasteiger partial charge on any atom is -0.330 e. The molecule has 0 radical (unpaired) electrons. The van der Waals surface area contributed by atoms with Crippen molar-refractivity contribution < 1.29 is 0 Å². The molecule has 1 saturated carbocycles. The predicted molar refractivity (Wildman–Crippen MR) is 52.6 cm³/mol. The largest absolute Gasteiger partial charge is 0.330 e. The van der Waals surface area contributed by atoms with E-state index in [0.29, 0.717) is 5.92 Å². The number of hydrogen-bond donors (Lipinski definition) is 1. The van der Waals surface area contributed by atoms with E-state index in [1.807, 2.05) is 0 Å². The number of hydrogen-bond acceptors (Lipinski definition) is 1. The summed E-state index contributed by atoms with van der Waals surface area (Å²) in [4.78, 5) is 0. The van der Waals surface area contributed by atoms with Gasteiger partial charge in [-0.3, -0.25) is 0 Å². The van der Waals surface area contributed by atoms with E-state index in [1.54, 1.807) is 0 Å². The number of rotatable bonds is 1. The normalized spacial score (nSPS) is 31.7. The van der Waals surface area contributed by atoms with Gasteiger partial charge in [-0.05, 0) is 38.1 Å². The standard InChI is InChI=1S/C11H19N/c1-2-10-5-3-4-6-11(9-12)8-7-10/h1,10-11H,3-9,12H2. The van der Waals surface area contributed by atoms with E-state index in [9.17, 15) is 0 Å². The van der Waals surface area contributed by atoms with E-state index >= 15 is 0 Å². The van der Waals surface area contributed by atoms with Crippen molar-refractivity contribution in [3.05, 3.63) is 0 Å². The van der Waals surface area contributed by atoms with Gasteiger partial charge in [-0.15, -0.1) is 12.3 Å². The summed E-state index contributed by atoms with van der Waals surface area (Å²) >= 11 is 0. The number of nitrogens with two attached hydrogens (primary N) is 1. The van der Waals surface area contributed by atoms with Crippen LogP contribution in [0.5, 0.6) is 0 Å². The quantitative estimate of drug-likeness (QED) is 0.592. The highest BCUT2D eigenvalue weighted by atomic mass is 14.5. The first kappa shape index (κ1) is 9.61. The maximum absolute atomic E-state index is 5.66. The Morgan fingerprint density at radius 2 is 1.92 bits per heavy atom. The fourth-order valence-corrected chi connectivity index (χ4v) is 1.95. The van der Waals surface area contributed by atoms with Crippen molar-refractivity contribution in [2.45, 2.75) is 38.5 Å². The molecule has 2 atom stereocenters. The highest BCUT2D eigenvalue weighted by Crippen LogP contribution is 2.24. The Labute approximate surface area is 75.7 Å². The van der Waals surface area contributed by atoms with Gasteiger partial charge in [0.15, 0.2) is 0 Å². The molecule has 2 unspecified atom stereocenters. The number of terminal acetylenes is 1. The van der Waals surface area contributed by atoms with Gasteiger partial charge in [-0.1, -0.05) is 12.8 Å². The maximum Gasteiger partial charge on any atom is 0.0200 e. The van der Waals surface area contributed by atoms with Crippen molar-refractivity contribution in [2.24, 2.45) is 17.6 Å². The zero-order valence-electron chi connectivity index (χ0n) is 7.76. The molecule has 0 aliphatic heterocycles. The molecular weight excluding hydrogens is 146 g/mol. The Hall–Kier alpha value is -0.480. The van der Waals surface area contributed by atoms with Crippen molar-refractivity contribution >= 4 is 0 Å². The Balaban J connectivity index is 2.34. The summed E-state index contributed by atoms with van der Waals surface area (Å²) < 4.78 is 0. The maximum atomic E-state index is 5.66. The molecule has 1 aliphatic rings. The van der Waals surface area contributed by atoms with Crippen LogP contribution >= 0.6 is 0 Å². The van der Waals surface area contributed by atoms with Crippen LogP contribution in [0.25, 0.3) is 0 Å². The van der Waals surface area contributed by atoms with Crippen LogP contribution in [0.4, 0.5) is 0 Å². The van der Waals surface area contributed by atoms with Crippen molar-refractivity contribution in [3.8, 4) is 12.3 Å². The molecule has 1 heteroatoms. The topological polar surface area (TPSA) is 26.0 Å². The van der Waals surface area contributed by atoms with Crippen LogP contribution in [0, 0.1) is 24.2 Å². The molecule has 0 aromatic heterocycles. The zero-order chi connectivity index (χ0) is 8.81. The molecule has 0 spiro atoms. The van der Waals surface area contributed by atoms with Gasteiger partial charge >= 0.3 is 0 Å². The molecule has 1 fully saturated rings. The third-order valence-electron chi connectivity index (χ3n) is 2.91. The summed E-state index contributed by atoms with van der Waals surface area (Å²) in [6.07, 6.45) is 13.0. The molecule has 0 amide bonds. The Bertz CT molecular complexity index is 157. The third kappa shape index (κ3) is 2.87.